The third-order valence-electron chi connectivity index (χ3n) is 5.83. The molecule has 4 rings (SSSR count). The molecule has 3 aromatic rings. The van der Waals surface area contributed by atoms with Crippen molar-refractivity contribution in [2.45, 2.75) is 32.8 Å². The summed E-state index contributed by atoms with van der Waals surface area (Å²) in [6.45, 7) is 9.10. The molecule has 0 radical (unpaired) electrons. The Balaban J connectivity index is 0.000000427. The minimum absolute atomic E-state index is 0.268. The van der Waals surface area contributed by atoms with Crippen LogP contribution < -0.4 is 9.64 Å². The fourth-order valence-corrected chi connectivity index (χ4v) is 4.20. The van der Waals surface area contributed by atoms with E-state index in [9.17, 15) is 5.11 Å². The van der Waals surface area contributed by atoms with Gasteiger partial charge in [0.15, 0.2) is 0 Å². The Morgan fingerprint density at radius 1 is 1.05 bits per heavy atom. The van der Waals surface area contributed by atoms with E-state index in [-0.39, 0.29) is 6.61 Å². The number of rotatable bonds is 8. The maximum Gasteiger partial charge on any atom is 0.121 e. The van der Waals surface area contributed by atoms with Crippen molar-refractivity contribution in [3.05, 3.63) is 93.1 Å². The fraction of sp³-hybridized carbons (Fsp3) is 0.414. The summed E-state index contributed by atoms with van der Waals surface area (Å²) in [6.07, 6.45) is 3.52. The number of aryl methyl sites for hydroxylation is 1. The molecular weight excluding hydrogens is 523 g/mol. The van der Waals surface area contributed by atoms with Crippen molar-refractivity contribution in [3.8, 4) is 5.75 Å². The molecule has 0 spiro atoms. The molecule has 1 aliphatic rings. The maximum absolute atomic E-state index is 9.33. The van der Waals surface area contributed by atoms with E-state index in [4.69, 9.17) is 32.8 Å². The molecule has 1 aromatic heterocycles. The minimum atomic E-state index is -0.494. The van der Waals surface area contributed by atoms with E-state index in [0.29, 0.717) is 10.8 Å². The van der Waals surface area contributed by atoms with E-state index in [1.807, 2.05) is 54.7 Å². The van der Waals surface area contributed by atoms with Crippen molar-refractivity contribution >= 4 is 28.9 Å². The number of aromatic nitrogens is 1. The predicted molar refractivity (Wildman–Crippen MR) is 158 cm³/mol. The minimum Gasteiger partial charge on any atom is -0.491 e. The molecule has 1 unspecified atom stereocenters. The molecule has 1 atom stereocenters. The number of ether oxygens (including phenoxy) is 1. The lowest BCUT2D eigenvalue weighted by molar-refractivity contribution is 0.123. The number of anilines is 1. The van der Waals surface area contributed by atoms with Crippen molar-refractivity contribution < 1.29 is 9.84 Å². The number of hydrogen-bond acceptors (Lipinski definition) is 7. The second kappa shape index (κ2) is 17.7. The van der Waals surface area contributed by atoms with Crippen molar-refractivity contribution in [3.63, 3.8) is 0 Å². The lowest BCUT2D eigenvalue weighted by atomic mass is 10.2. The molecule has 2 aromatic carbocycles. The zero-order valence-corrected chi connectivity index (χ0v) is 23.9. The Labute approximate surface area is 236 Å². The van der Waals surface area contributed by atoms with E-state index in [2.05, 4.69) is 39.0 Å². The molecule has 1 N–H and O–H groups in total. The Bertz CT molecular complexity index is 1060. The first-order chi connectivity index (χ1) is 18.4. The van der Waals surface area contributed by atoms with Crippen LogP contribution in [-0.4, -0.2) is 67.5 Å². The second-order valence-corrected chi connectivity index (χ2v) is 9.69. The van der Waals surface area contributed by atoms with Crippen LogP contribution in [0.2, 0.25) is 10.0 Å². The summed E-state index contributed by atoms with van der Waals surface area (Å²) >= 11 is 12.0. The molecule has 7 nitrogen and oxygen atoms in total. The molecule has 1 fully saturated rings. The first-order valence-corrected chi connectivity index (χ1v) is 13.5. The predicted octanol–water partition coefficient (Wildman–Crippen LogP) is 6.14. The summed E-state index contributed by atoms with van der Waals surface area (Å²) < 4.78 is 5.53. The molecule has 38 heavy (non-hydrogen) atoms. The molecule has 1 aliphatic heterocycles. The highest BCUT2D eigenvalue weighted by Gasteiger charge is 2.19. The van der Waals surface area contributed by atoms with Crippen LogP contribution in [-0.2, 0) is 12.8 Å². The van der Waals surface area contributed by atoms with Crippen LogP contribution in [0, 0.1) is 4.91 Å². The third kappa shape index (κ3) is 11.8. The largest absolute Gasteiger partial charge is 0.491 e. The van der Waals surface area contributed by atoms with Gasteiger partial charge in [-0.15, -0.1) is 0 Å². The lowest BCUT2D eigenvalue weighted by Crippen LogP contribution is -2.47. The Morgan fingerprint density at radius 3 is 2.24 bits per heavy atom. The molecule has 0 amide bonds. The highest BCUT2D eigenvalue weighted by Crippen LogP contribution is 2.30. The Kier molecular flexibility index (Phi) is 14.7. The van der Waals surface area contributed by atoms with Crippen molar-refractivity contribution in [1.29, 1.82) is 0 Å². The lowest BCUT2D eigenvalue weighted by Gasteiger charge is -2.36. The van der Waals surface area contributed by atoms with Gasteiger partial charge in [-0.1, -0.05) is 59.6 Å². The number of benzene rings is 2. The number of piperazine rings is 1. The van der Waals surface area contributed by atoms with E-state index < -0.39 is 6.10 Å². The molecule has 1 saturated heterocycles. The number of aliphatic hydroxyl groups is 1. The molecular formula is C29H38Cl2N4O3. The number of halogens is 2. The highest BCUT2D eigenvalue weighted by molar-refractivity contribution is 6.33. The van der Waals surface area contributed by atoms with E-state index in [1.165, 1.54) is 12.6 Å². The van der Waals surface area contributed by atoms with Gasteiger partial charge < -0.3 is 14.7 Å². The van der Waals surface area contributed by atoms with E-state index >= 15 is 0 Å². The molecule has 2 heterocycles. The molecule has 9 heteroatoms. The van der Waals surface area contributed by atoms with Gasteiger partial charge in [-0.3, -0.25) is 9.88 Å². The second-order valence-electron chi connectivity index (χ2n) is 8.84. The summed E-state index contributed by atoms with van der Waals surface area (Å²) in [5.41, 5.74) is 3.49. The third-order valence-corrected chi connectivity index (χ3v) is 6.39. The van der Waals surface area contributed by atoms with Crippen LogP contribution in [0.25, 0.3) is 0 Å². The highest BCUT2D eigenvalue weighted by atomic mass is 35.5. The zero-order valence-electron chi connectivity index (χ0n) is 22.4. The number of nitroso groups, excluding NO2 is 1. The average Bonchev–Trinajstić information content (AvgIpc) is 2.93. The summed E-state index contributed by atoms with van der Waals surface area (Å²) in [5, 5.41) is 13.1. The standard InChI is InChI=1S/C22H30ClN3O2.C6H5Cl.CH3NO/c1-3-18-4-5-19(24-15-18)8-9-25-10-12-26(13-11-25)22-7-6-20(14-21(22)23)28-16-17(2)27;7-6-4-2-1-3-5-6;1-2-3/h4-7,14-15,17,27H,3,8-13,16H2,1-2H3;1-5H;1H3. The van der Waals surface area contributed by atoms with Gasteiger partial charge in [0.1, 0.15) is 12.4 Å². The van der Waals surface area contributed by atoms with Gasteiger partial charge >= 0.3 is 0 Å². The van der Waals surface area contributed by atoms with E-state index in [1.54, 1.807) is 6.92 Å². The van der Waals surface area contributed by atoms with Crippen LogP contribution in [0.3, 0.4) is 0 Å². The average molecular weight is 562 g/mol. The van der Waals surface area contributed by atoms with E-state index in [0.717, 1.165) is 62.0 Å². The SMILES string of the molecule is CCc1ccc(CCN2CCN(c3ccc(OCC(C)O)cc3Cl)CC2)nc1.CN=O.Clc1ccccc1. The fourth-order valence-electron chi connectivity index (χ4n) is 3.76. The molecule has 0 saturated carbocycles. The normalized spacial score (nSPS) is 13.9. The van der Waals surface area contributed by atoms with Gasteiger partial charge in [0.25, 0.3) is 0 Å². The van der Waals surface area contributed by atoms with Gasteiger partial charge in [-0.05, 0) is 49.2 Å². The molecule has 0 aliphatic carbocycles. The van der Waals surface area contributed by atoms with Crippen LogP contribution >= 0.6 is 23.2 Å². The maximum atomic E-state index is 9.33. The summed E-state index contributed by atoms with van der Waals surface area (Å²) in [4.78, 5) is 17.9. The van der Waals surface area contributed by atoms with Crippen LogP contribution in [0.1, 0.15) is 25.1 Å². The first-order valence-electron chi connectivity index (χ1n) is 12.8. The van der Waals surface area contributed by atoms with Gasteiger partial charge in [0.2, 0.25) is 0 Å². The van der Waals surface area contributed by atoms with Gasteiger partial charge in [-0.25, -0.2) is 0 Å². The smallest absolute Gasteiger partial charge is 0.121 e. The monoisotopic (exact) mass is 560 g/mol. The first kappa shape index (κ1) is 31.5. The quantitative estimate of drug-likeness (QED) is 0.333. The summed E-state index contributed by atoms with van der Waals surface area (Å²) in [5.74, 6) is 0.690. The van der Waals surface area contributed by atoms with Gasteiger partial charge in [0.05, 0.1) is 23.9 Å². The van der Waals surface area contributed by atoms with Crippen LogP contribution in [0.5, 0.6) is 5.75 Å². The van der Waals surface area contributed by atoms with Crippen LogP contribution in [0.4, 0.5) is 5.69 Å². The summed E-state index contributed by atoms with van der Waals surface area (Å²) in [6, 6.07) is 19.5. The van der Waals surface area contributed by atoms with Crippen molar-refractivity contribution in [1.82, 2.24) is 9.88 Å². The topological polar surface area (TPSA) is 78.3 Å². The number of aliphatic hydroxyl groups excluding tert-OH is 1. The summed E-state index contributed by atoms with van der Waals surface area (Å²) in [7, 11) is 1.19. The molecule has 0 bridgehead atoms. The van der Waals surface area contributed by atoms with Crippen molar-refractivity contribution in [2.24, 2.45) is 5.18 Å². The number of nitrogens with zero attached hydrogens (tertiary/aromatic N) is 4. The zero-order chi connectivity index (χ0) is 27.8. The van der Waals surface area contributed by atoms with Gasteiger partial charge in [-0.2, -0.15) is 4.91 Å². The van der Waals surface area contributed by atoms with Gasteiger partial charge in [0, 0.05) is 62.1 Å². The van der Waals surface area contributed by atoms with Crippen molar-refractivity contribution in [2.75, 3.05) is 51.3 Å². The number of pyridine rings is 1. The van der Waals surface area contributed by atoms with Crippen LogP contribution in [0.15, 0.2) is 72.0 Å². The molecule has 206 valence electrons. The Hall–Kier alpha value is -2.71. The number of hydrogen-bond donors (Lipinski definition) is 1. The Morgan fingerprint density at radius 2 is 1.74 bits per heavy atom.